The van der Waals surface area contributed by atoms with Gasteiger partial charge in [0.15, 0.2) is 6.61 Å². The van der Waals surface area contributed by atoms with Gasteiger partial charge in [-0.25, -0.2) is 4.79 Å². The summed E-state index contributed by atoms with van der Waals surface area (Å²) in [6.45, 7) is 2.24. The Balaban J connectivity index is 1.35. The Labute approximate surface area is 315 Å². The number of aliphatic hydroxyl groups is 1. The summed E-state index contributed by atoms with van der Waals surface area (Å²) in [4.78, 5) is 51.3. The molecule has 0 aromatic heterocycles. The van der Waals surface area contributed by atoms with Crippen LogP contribution in [0.15, 0.2) is 18.2 Å². The molecule has 0 spiro atoms. The van der Waals surface area contributed by atoms with Gasteiger partial charge in [-0.1, -0.05) is 57.6 Å². The van der Waals surface area contributed by atoms with E-state index in [1.165, 1.54) is 0 Å². The average Bonchev–Trinajstić information content (AvgIpc) is 3.45. The van der Waals surface area contributed by atoms with E-state index in [1.54, 1.807) is 0 Å². The number of amides is 2. The highest BCUT2D eigenvalue weighted by Gasteiger charge is 2.45. The molecule has 1 aromatic rings. The number of thiol groups is 1. The number of esters is 1. The molecule has 6 N–H and O–H groups in total. The van der Waals surface area contributed by atoms with Crippen molar-refractivity contribution in [3.63, 3.8) is 0 Å². The standard InChI is InChI=1S/C40H63N3O8S/c1-2-3-6-13-28(17-18-29-32-21-26-12-11-16-36(50-25-37(45)46)33(26)22-27(32)23-35(29)44)51-40(49)31-15-8-7-14-30(31)38(47)43-34(24-41)39(48)42-19-9-4-5-10-20-52/h11-12,16,27-32,34-35,44,52H,2-10,13-15,17-25,41H2,1H3,(H,42,48)(H,43,47)(H,45,46)/t27-,28-,29?,30-,31+,32-,34?,35+/m0/s1. The van der Waals surface area contributed by atoms with Crippen LogP contribution in [0.3, 0.4) is 0 Å². The van der Waals surface area contributed by atoms with E-state index in [9.17, 15) is 24.3 Å². The van der Waals surface area contributed by atoms with Crippen LogP contribution in [0.1, 0.15) is 114 Å². The number of unbranched alkanes of at least 4 members (excludes halogenated alkanes) is 5. The van der Waals surface area contributed by atoms with Gasteiger partial charge in [-0.2, -0.15) is 12.6 Å². The molecule has 2 fully saturated rings. The van der Waals surface area contributed by atoms with E-state index in [0.717, 1.165) is 100 Å². The van der Waals surface area contributed by atoms with Crippen molar-refractivity contribution >= 4 is 36.4 Å². The summed E-state index contributed by atoms with van der Waals surface area (Å²) in [6.07, 6.45) is 13.3. The number of carboxylic acid groups (broad SMARTS) is 1. The maximum Gasteiger partial charge on any atom is 0.341 e. The van der Waals surface area contributed by atoms with Crippen LogP contribution in [0.2, 0.25) is 0 Å². The van der Waals surface area contributed by atoms with Crippen LogP contribution in [-0.2, 0) is 36.8 Å². The molecule has 11 nitrogen and oxygen atoms in total. The van der Waals surface area contributed by atoms with Gasteiger partial charge in [-0.15, -0.1) is 0 Å². The molecule has 52 heavy (non-hydrogen) atoms. The maximum absolute atomic E-state index is 13.8. The van der Waals surface area contributed by atoms with Crippen molar-refractivity contribution in [3.8, 4) is 5.75 Å². The predicted molar refractivity (Wildman–Crippen MR) is 203 cm³/mol. The van der Waals surface area contributed by atoms with Gasteiger partial charge in [-0.05, 0) is 111 Å². The Morgan fingerprint density at radius 2 is 1.77 bits per heavy atom. The second-order valence-electron chi connectivity index (χ2n) is 15.2. The van der Waals surface area contributed by atoms with Crippen LogP contribution in [0, 0.1) is 29.6 Å². The summed E-state index contributed by atoms with van der Waals surface area (Å²) in [7, 11) is 0. The number of carboxylic acids is 1. The third kappa shape index (κ3) is 12.1. The summed E-state index contributed by atoms with van der Waals surface area (Å²) >= 11 is 4.23. The molecule has 3 aliphatic rings. The molecule has 0 radical (unpaired) electrons. The van der Waals surface area contributed by atoms with Crippen LogP contribution < -0.4 is 21.1 Å². The molecule has 1 aromatic carbocycles. The zero-order valence-corrected chi connectivity index (χ0v) is 32.0. The minimum Gasteiger partial charge on any atom is -0.482 e. The molecule has 8 atom stereocenters. The van der Waals surface area contributed by atoms with Crippen molar-refractivity contribution in [2.45, 2.75) is 134 Å². The van der Waals surface area contributed by atoms with Gasteiger partial charge in [0.2, 0.25) is 11.8 Å². The molecule has 2 saturated carbocycles. The van der Waals surface area contributed by atoms with E-state index in [2.05, 4.69) is 36.3 Å². The largest absolute Gasteiger partial charge is 0.482 e. The molecule has 4 rings (SSSR count). The Morgan fingerprint density at radius 1 is 1.00 bits per heavy atom. The number of aliphatic hydroxyl groups excluding tert-OH is 1. The number of nitrogens with one attached hydrogen (secondary N) is 2. The van der Waals surface area contributed by atoms with E-state index < -0.39 is 30.0 Å². The normalized spacial score (nSPS) is 24.9. The van der Waals surface area contributed by atoms with Crippen LogP contribution in [0.5, 0.6) is 5.75 Å². The minimum absolute atomic E-state index is 0.0291. The fourth-order valence-corrected chi connectivity index (χ4v) is 8.98. The van der Waals surface area contributed by atoms with Crippen LogP contribution in [-0.4, -0.2) is 77.7 Å². The first-order valence-corrected chi connectivity index (χ1v) is 20.5. The second-order valence-corrected chi connectivity index (χ2v) is 15.7. The first kappa shape index (κ1) is 41.9. The quantitative estimate of drug-likeness (QED) is 0.0543. The summed E-state index contributed by atoms with van der Waals surface area (Å²) < 4.78 is 11.9. The molecule has 3 aliphatic carbocycles. The number of carbonyl (C=O) groups excluding carboxylic acids is 3. The maximum atomic E-state index is 13.8. The smallest absolute Gasteiger partial charge is 0.341 e. The van der Waals surface area contributed by atoms with Gasteiger partial charge in [-0.3, -0.25) is 14.4 Å². The van der Waals surface area contributed by atoms with Crippen molar-refractivity contribution in [3.05, 3.63) is 29.3 Å². The SMILES string of the molecule is CCCCC[C@@H](CCC1[C@H](O)C[C@@H]2Cc3c(cccc3OCC(=O)O)C[C@H]12)OC(=O)[C@@H]1CCCC[C@@H]1C(=O)NC(CN)C(=O)NCCCCCCS. The first-order chi connectivity index (χ1) is 25.2. The molecule has 2 unspecified atom stereocenters. The van der Waals surface area contributed by atoms with Crippen LogP contribution in [0.4, 0.5) is 0 Å². The number of fused-ring (bicyclic) bond motifs is 2. The number of carbonyl (C=O) groups is 4. The number of aliphatic carboxylic acids is 1. The van der Waals surface area contributed by atoms with E-state index in [-0.39, 0.29) is 54.8 Å². The minimum atomic E-state index is -1.01. The third-order valence-electron chi connectivity index (χ3n) is 11.6. The number of benzene rings is 1. The molecule has 0 heterocycles. The van der Waals surface area contributed by atoms with E-state index in [1.807, 2.05) is 12.1 Å². The van der Waals surface area contributed by atoms with Gasteiger partial charge in [0.05, 0.1) is 17.9 Å². The van der Waals surface area contributed by atoms with Crippen molar-refractivity contribution in [2.24, 2.45) is 35.3 Å². The second kappa shape index (κ2) is 21.8. The van der Waals surface area contributed by atoms with Crippen molar-refractivity contribution in [1.82, 2.24) is 10.6 Å². The molecule has 0 aliphatic heterocycles. The number of nitrogens with two attached hydrogens (primary N) is 1. The summed E-state index contributed by atoms with van der Waals surface area (Å²) in [6, 6.07) is 4.94. The zero-order valence-electron chi connectivity index (χ0n) is 31.1. The number of rotatable bonds is 22. The molecule has 12 heteroatoms. The molecular formula is C40H63N3O8S. The van der Waals surface area contributed by atoms with Crippen molar-refractivity contribution < 1.29 is 38.9 Å². The molecule has 0 bridgehead atoms. The first-order valence-electron chi connectivity index (χ1n) is 19.9. The average molecular weight is 746 g/mol. The Hall–Kier alpha value is -2.83. The van der Waals surface area contributed by atoms with Crippen molar-refractivity contribution in [2.75, 3.05) is 25.4 Å². The highest BCUT2D eigenvalue weighted by molar-refractivity contribution is 7.80. The number of hydrogen-bond acceptors (Lipinski definition) is 9. The molecule has 292 valence electrons. The lowest BCUT2D eigenvalue weighted by Crippen LogP contribution is -2.53. The number of ether oxygens (including phenoxy) is 2. The predicted octanol–water partition coefficient (Wildman–Crippen LogP) is 4.99. The highest BCUT2D eigenvalue weighted by Crippen LogP contribution is 2.48. The van der Waals surface area contributed by atoms with Gasteiger partial charge in [0.1, 0.15) is 17.9 Å². The highest BCUT2D eigenvalue weighted by atomic mass is 32.1. The van der Waals surface area contributed by atoms with Gasteiger partial charge < -0.3 is 36.1 Å². The monoisotopic (exact) mass is 745 g/mol. The lowest BCUT2D eigenvalue weighted by Gasteiger charge is -2.33. The van der Waals surface area contributed by atoms with E-state index >= 15 is 0 Å². The van der Waals surface area contributed by atoms with Crippen LogP contribution >= 0.6 is 12.6 Å². The lowest BCUT2D eigenvalue weighted by molar-refractivity contribution is -0.161. The summed E-state index contributed by atoms with van der Waals surface area (Å²) in [5, 5.41) is 26.1. The van der Waals surface area contributed by atoms with Gasteiger partial charge in [0, 0.05) is 13.1 Å². The zero-order chi connectivity index (χ0) is 37.5. The molecular weight excluding hydrogens is 683 g/mol. The Morgan fingerprint density at radius 3 is 2.50 bits per heavy atom. The molecule has 0 saturated heterocycles. The lowest BCUT2D eigenvalue weighted by atomic mass is 9.73. The Bertz CT molecular complexity index is 1310. The van der Waals surface area contributed by atoms with Gasteiger partial charge in [0.25, 0.3) is 0 Å². The Kier molecular flexibility index (Phi) is 17.5. The number of hydrogen-bond donors (Lipinski definition) is 6. The van der Waals surface area contributed by atoms with E-state index in [4.69, 9.17) is 20.3 Å². The molecule has 2 amide bonds. The summed E-state index contributed by atoms with van der Waals surface area (Å²) in [5.74, 6) is -1.07. The fraction of sp³-hybridized carbons (Fsp3) is 0.750. The van der Waals surface area contributed by atoms with Crippen LogP contribution in [0.25, 0.3) is 0 Å². The van der Waals surface area contributed by atoms with Crippen molar-refractivity contribution in [1.29, 1.82) is 0 Å². The summed E-state index contributed by atoms with van der Waals surface area (Å²) in [5.41, 5.74) is 8.10. The third-order valence-corrected chi connectivity index (χ3v) is 11.9. The topological polar surface area (TPSA) is 177 Å². The van der Waals surface area contributed by atoms with Gasteiger partial charge >= 0.3 is 11.9 Å². The fourth-order valence-electron chi connectivity index (χ4n) is 8.76. The van der Waals surface area contributed by atoms with E-state index in [0.29, 0.717) is 38.0 Å².